The molecule has 1 fully saturated rings. The molecule has 1 atom stereocenters. The number of rotatable bonds is 3. The number of hydrogen-bond donors (Lipinski definition) is 2. The molecular weight excluding hydrogens is 278 g/mol. The van der Waals surface area contributed by atoms with Crippen molar-refractivity contribution in [2.24, 2.45) is 5.92 Å². The van der Waals surface area contributed by atoms with Crippen LogP contribution in [0.3, 0.4) is 0 Å². The van der Waals surface area contributed by atoms with E-state index in [1.807, 2.05) is 0 Å². The molecular formula is C17H25N3O2. The van der Waals surface area contributed by atoms with Crippen LogP contribution in [0, 0.1) is 5.92 Å². The minimum atomic E-state index is -0.946. The van der Waals surface area contributed by atoms with Gasteiger partial charge >= 0.3 is 5.97 Å². The van der Waals surface area contributed by atoms with Crippen molar-refractivity contribution in [3.63, 3.8) is 0 Å². The quantitative estimate of drug-likeness (QED) is 0.899. The van der Waals surface area contributed by atoms with Crippen LogP contribution in [0.15, 0.2) is 6.07 Å². The summed E-state index contributed by atoms with van der Waals surface area (Å²) in [5, 5.41) is 12.8. The molecule has 0 amide bonds. The van der Waals surface area contributed by atoms with Gasteiger partial charge in [-0.2, -0.15) is 0 Å². The minimum absolute atomic E-state index is 0.120. The molecule has 1 saturated heterocycles. The molecule has 5 heteroatoms. The maximum absolute atomic E-state index is 11.4. The predicted molar refractivity (Wildman–Crippen MR) is 86.4 cm³/mol. The number of piperidine rings is 1. The van der Waals surface area contributed by atoms with Crippen molar-refractivity contribution >= 4 is 11.7 Å². The first kappa shape index (κ1) is 15.3. The molecule has 5 nitrogen and oxygen atoms in total. The molecule has 2 aliphatic rings. The molecule has 0 bridgehead atoms. The van der Waals surface area contributed by atoms with Crippen molar-refractivity contribution in [3.8, 4) is 0 Å². The molecule has 1 aromatic rings. The van der Waals surface area contributed by atoms with E-state index in [4.69, 9.17) is 0 Å². The Morgan fingerprint density at radius 2 is 2.32 bits per heavy atom. The molecule has 0 spiro atoms. The Bertz CT molecular complexity index is 598. The first-order chi connectivity index (χ1) is 10.4. The lowest BCUT2D eigenvalue weighted by molar-refractivity contribution is 0.0689. The van der Waals surface area contributed by atoms with Crippen LogP contribution in [0.1, 0.15) is 55.4 Å². The molecule has 120 valence electrons. The fourth-order valence-corrected chi connectivity index (χ4v) is 3.58. The van der Waals surface area contributed by atoms with Gasteiger partial charge in [-0.05, 0) is 36.9 Å². The number of carbonyl (C=O) groups is 1. The Balaban J connectivity index is 1.95. The number of carboxylic acid groups (broad SMARTS) is 1. The average molecular weight is 303 g/mol. The number of aromatic nitrogens is 1. The second-order valence-electron chi connectivity index (χ2n) is 7.42. The monoisotopic (exact) mass is 303 g/mol. The highest BCUT2D eigenvalue weighted by molar-refractivity contribution is 5.86. The summed E-state index contributed by atoms with van der Waals surface area (Å²) in [6.07, 6.45) is 2.51. The van der Waals surface area contributed by atoms with Crippen molar-refractivity contribution in [2.75, 3.05) is 25.0 Å². The van der Waals surface area contributed by atoms with E-state index < -0.39 is 5.97 Å². The highest BCUT2D eigenvalue weighted by atomic mass is 16.4. The van der Waals surface area contributed by atoms with Crippen molar-refractivity contribution in [3.05, 3.63) is 23.0 Å². The normalized spacial score (nSPS) is 23.9. The maximum atomic E-state index is 11.4. The SMILES string of the molecule is C[C@H]1CCCN(Cc2cc(C(=O)O)nc3c2NCC3(C)C)C1. The van der Waals surface area contributed by atoms with Crippen LogP contribution in [-0.4, -0.2) is 40.6 Å². The second-order valence-corrected chi connectivity index (χ2v) is 7.42. The molecule has 2 aliphatic heterocycles. The zero-order chi connectivity index (χ0) is 15.9. The van der Waals surface area contributed by atoms with Gasteiger partial charge in [-0.1, -0.05) is 20.8 Å². The van der Waals surface area contributed by atoms with Crippen LogP contribution in [-0.2, 0) is 12.0 Å². The van der Waals surface area contributed by atoms with Gasteiger partial charge in [0.05, 0.1) is 11.4 Å². The second kappa shape index (κ2) is 5.54. The standard InChI is InChI=1S/C17H25N3O2/c1-11-5-4-6-20(8-11)9-12-7-13(16(21)22)19-15-14(12)18-10-17(15,2)3/h7,11,18H,4-6,8-10H2,1-3H3,(H,21,22)/t11-/m0/s1. The topological polar surface area (TPSA) is 65.5 Å². The summed E-state index contributed by atoms with van der Waals surface area (Å²) in [6.45, 7) is 10.3. The number of anilines is 1. The summed E-state index contributed by atoms with van der Waals surface area (Å²) in [5.41, 5.74) is 3.06. The van der Waals surface area contributed by atoms with E-state index in [-0.39, 0.29) is 11.1 Å². The number of fused-ring (bicyclic) bond motifs is 1. The van der Waals surface area contributed by atoms with Gasteiger partial charge in [0.15, 0.2) is 0 Å². The first-order valence-electron chi connectivity index (χ1n) is 8.11. The van der Waals surface area contributed by atoms with E-state index in [1.165, 1.54) is 12.8 Å². The largest absolute Gasteiger partial charge is 0.477 e. The van der Waals surface area contributed by atoms with Crippen LogP contribution < -0.4 is 5.32 Å². The zero-order valence-corrected chi connectivity index (χ0v) is 13.6. The van der Waals surface area contributed by atoms with Crippen LogP contribution in [0.25, 0.3) is 0 Å². The van der Waals surface area contributed by atoms with Crippen LogP contribution in [0.2, 0.25) is 0 Å². The van der Waals surface area contributed by atoms with Crippen LogP contribution in [0.4, 0.5) is 5.69 Å². The summed E-state index contributed by atoms with van der Waals surface area (Å²) < 4.78 is 0. The molecule has 22 heavy (non-hydrogen) atoms. The molecule has 2 N–H and O–H groups in total. The average Bonchev–Trinajstić information content (AvgIpc) is 2.75. The number of pyridine rings is 1. The van der Waals surface area contributed by atoms with Gasteiger partial charge in [-0.15, -0.1) is 0 Å². The summed E-state index contributed by atoms with van der Waals surface area (Å²) >= 11 is 0. The highest BCUT2D eigenvalue weighted by Crippen LogP contribution is 2.38. The van der Waals surface area contributed by atoms with Crippen LogP contribution in [0.5, 0.6) is 0 Å². The third kappa shape index (κ3) is 2.82. The van der Waals surface area contributed by atoms with E-state index in [0.717, 1.165) is 43.1 Å². The third-order valence-corrected chi connectivity index (χ3v) is 4.80. The van der Waals surface area contributed by atoms with Gasteiger partial charge in [-0.25, -0.2) is 9.78 Å². The minimum Gasteiger partial charge on any atom is -0.477 e. The smallest absolute Gasteiger partial charge is 0.354 e. The van der Waals surface area contributed by atoms with Gasteiger partial charge in [0.1, 0.15) is 5.69 Å². The number of nitrogens with zero attached hydrogens (tertiary/aromatic N) is 2. The Morgan fingerprint density at radius 1 is 1.55 bits per heavy atom. The van der Waals surface area contributed by atoms with Crippen molar-refractivity contribution in [1.29, 1.82) is 0 Å². The Kier molecular flexibility index (Phi) is 3.85. The molecule has 0 aromatic carbocycles. The van der Waals surface area contributed by atoms with Crippen molar-refractivity contribution in [1.82, 2.24) is 9.88 Å². The van der Waals surface area contributed by atoms with E-state index in [0.29, 0.717) is 5.92 Å². The van der Waals surface area contributed by atoms with E-state index in [1.54, 1.807) is 6.07 Å². The highest BCUT2D eigenvalue weighted by Gasteiger charge is 2.34. The number of likely N-dealkylation sites (tertiary alicyclic amines) is 1. The summed E-state index contributed by atoms with van der Waals surface area (Å²) in [4.78, 5) is 18.2. The lowest BCUT2D eigenvalue weighted by Gasteiger charge is -2.31. The van der Waals surface area contributed by atoms with E-state index in [2.05, 4.69) is 36.0 Å². The van der Waals surface area contributed by atoms with Gasteiger partial charge in [0, 0.05) is 25.0 Å². The van der Waals surface area contributed by atoms with Gasteiger partial charge in [0.2, 0.25) is 0 Å². The van der Waals surface area contributed by atoms with E-state index >= 15 is 0 Å². The number of aromatic carboxylic acids is 1. The zero-order valence-electron chi connectivity index (χ0n) is 13.6. The van der Waals surface area contributed by atoms with Crippen molar-refractivity contribution in [2.45, 2.75) is 45.6 Å². The summed E-state index contributed by atoms with van der Waals surface area (Å²) in [6, 6.07) is 1.74. The number of nitrogens with one attached hydrogen (secondary N) is 1. The molecule has 0 aliphatic carbocycles. The first-order valence-corrected chi connectivity index (χ1v) is 8.11. The maximum Gasteiger partial charge on any atom is 0.354 e. The number of carboxylic acids is 1. The molecule has 1 aromatic heterocycles. The predicted octanol–water partition coefficient (Wildman–Crippen LogP) is 2.71. The van der Waals surface area contributed by atoms with Crippen molar-refractivity contribution < 1.29 is 9.90 Å². The Morgan fingerprint density at radius 3 is 3.00 bits per heavy atom. The summed E-state index contributed by atoms with van der Waals surface area (Å²) in [5.74, 6) is -0.231. The fraction of sp³-hybridized carbons (Fsp3) is 0.647. The van der Waals surface area contributed by atoms with Gasteiger partial charge in [0.25, 0.3) is 0 Å². The molecule has 0 radical (unpaired) electrons. The third-order valence-electron chi connectivity index (χ3n) is 4.80. The fourth-order valence-electron chi connectivity index (χ4n) is 3.58. The molecule has 0 saturated carbocycles. The Hall–Kier alpha value is -1.62. The van der Waals surface area contributed by atoms with Crippen LogP contribution >= 0.6 is 0 Å². The van der Waals surface area contributed by atoms with Gasteiger partial charge in [-0.3, -0.25) is 4.90 Å². The molecule has 0 unspecified atom stereocenters. The lowest BCUT2D eigenvalue weighted by atomic mass is 9.90. The lowest BCUT2D eigenvalue weighted by Crippen LogP contribution is -2.34. The number of hydrogen-bond acceptors (Lipinski definition) is 4. The van der Waals surface area contributed by atoms with Gasteiger partial charge < -0.3 is 10.4 Å². The molecule has 3 heterocycles. The van der Waals surface area contributed by atoms with E-state index in [9.17, 15) is 9.90 Å². The Labute approximate surface area is 131 Å². The summed E-state index contributed by atoms with van der Waals surface area (Å²) in [7, 11) is 0. The molecule has 3 rings (SSSR count).